The van der Waals surface area contributed by atoms with Gasteiger partial charge in [-0.2, -0.15) is 0 Å². The van der Waals surface area contributed by atoms with Crippen LogP contribution >= 0.6 is 28.3 Å². The summed E-state index contributed by atoms with van der Waals surface area (Å²) in [6.07, 6.45) is 0. The summed E-state index contributed by atoms with van der Waals surface area (Å²) in [6.45, 7) is -0.0776. The van der Waals surface area contributed by atoms with Crippen LogP contribution in [-0.4, -0.2) is 18.8 Å². The Labute approximate surface area is 97.8 Å². The van der Waals surface area contributed by atoms with Crippen LogP contribution in [0.25, 0.3) is 0 Å². The molecule has 0 unspecified atom stereocenters. The lowest BCUT2D eigenvalue weighted by atomic mass is 10.1. The van der Waals surface area contributed by atoms with Crippen molar-refractivity contribution in [2.24, 2.45) is 5.73 Å². The largest absolute Gasteiger partial charge is 0.497 e. The highest BCUT2D eigenvalue weighted by atomic mass is 79.9. The summed E-state index contributed by atoms with van der Waals surface area (Å²) < 4.78 is 5.93. The van der Waals surface area contributed by atoms with Crippen LogP contribution in [0, 0.1) is 0 Å². The zero-order chi connectivity index (χ0) is 9.84. The number of aliphatic hydroxyl groups excluding tert-OH is 1. The average Bonchev–Trinajstić information content (AvgIpc) is 2.17. The molecule has 0 fully saturated rings. The Bertz CT molecular complexity index is 296. The lowest BCUT2D eigenvalue weighted by Crippen LogP contribution is -2.15. The van der Waals surface area contributed by atoms with Gasteiger partial charge in [-0.05, 0) is 23.8 Å². The van der Waals surface area contributed by atoms with Crippen molar-refractivity contribution in [2.75, 3.05) is 13.7 Å². The first-order valence-corrected chi connectivity index (χ1v) is 4.68. The van der Waals surface area contributed by atoms with Gasteiger partial charge in [0.2, 0.25) is 0 Å². The molecule has 0 radical (unpaired) electrons. The van der Waals surface area contributed by atoms with Crippen molar-refractivity contribution in [3.05, 3.63) is 28.2 Å². The Morgan fingerprint density at radius 1 is 1.57 bits per heavy atom. The number of methoxy groups -OCH3 is 1. The van der Waals surface area contributed by atoms with Crippen LogP contribution < -0.4 is 10.5 Å². The fourth-order valence-electron chi connectivity index (χ4n) is 1.03. The fraction of sp³-hybridized carbons (Fsp3) is 0.333. The van der Waals surface area contributed by atoms with Crippen molar-refractivity contribution in [3.8, 4) is 5.75 Å². The predicted molar refractivity (Wildman–Crippen MR) is 62.0 cm³/mol. The Hall–Kier alpha value is -0.290. The molecule has 0 spiro atoms. The molecule has 0 aliphatic carbocycles. The van der Waals surface area contributed by atoms with Gasteiger partial charge in [-0.25, -0.2) is 0 Å². The zero-order valence-electron chi connectivity index (χ0n) is 7.74. The molecule has 0 heterocycles. The second-order valence-corrected chi connectivity index (χ2v) is 3.53. The summed E-state index contributed by atoms with van der Waals surface area (Å²) in [5.41, 5.74) is 6.53. The van der Waals surface area contributed by atoms with Crippen LogP contribution in [0.4, 0.5) is 0 Å². The molecule has 0 amide bonds. The molecule has 3 nitrogen and oxygen atoms in total. The molecule has 5 heteroatoms. The maximum Gasteiger partial charge on any atom is 0.119 e. The predicted octanol–water partition coefficient (Wildman–Crippen LogP) is 1.87. The normalized spacial score (nSPS) is 11.7. The van der Waals surface area contributed by atoms with E-state index < -0.39 is 0 Å². The van der Waals surface area contributed by atoms with E-state index in [1.165, 1.54) is 0 Å². The third-order valence-corrected chi connectivity index (χ3v) is 2.52. The van der Waals surface area contributed by atoms with E-state index in [4.69, 9.17) is 15.6 Å². The fourth-order valence-corrected chi connectivity index (χ4v) is 1.57. The summed E-state index contributed by atoms with van der Waals surface area (Å²) in [5.74, 6) is 0.738. The molecule has 3 N–H and O–H groups in total. The van der Waals surface area contributed by atoms with Crippen LogP contribution in [0.2, 0.25) is 0 Å². The van der Waals surface area contributed by atoms with Gasteiger partial charge in [0, 0.05) is 4.47 Å². The maximum absolute atomic E-state index is 8.89. The molecule has 0 bridgehead atoms. The minimum absolute atomic E-state index is 0. The van der Waals surface area contributed by atoms with E-state index in [-0.39, 0.29) is 25.1 Å². The van der Waals surface area contributed by atoms with E-state index >= 15 is 0 Å². The number of benzene rings is 1. The molecule has 1 aromatic carbocycles. The van der Waals surface area contributed by atoms with Gasteiger partial charge in [0.15, 0.2) is 0 Å². The number of aliphatic hydroxyl groups is 1. The van der Waals surface area contributed by atoms with Gasteiger partial charge < -0.3 is 15.6 Å². The van der Waals surface area contributed by atoms with Crippen molar-refractivity contribution < 1.29 is 9.84 Å². The Balaban J connectivity index is 0.00000169. The molecule has 1 atom stereocenters. The summed E-state index contributed by atoms with van der Waals surface area (Å²) in [4.78, 5) is 0. The van der Waals surface area contributed by atoms with Gasteiger partial charge in [-0.1, -0.05) is 15.9 Å². The standard InChI is InChI=1S/C9H12BrNO2.ClH/c1-13-6-2-3-8(10)7(4-6)9(11)5-12;/h2-4,9,12H,5,11H2,1H3;1H/t9-;/m0./s1. The van der Waals surface area contributed by atoms with Crippen molar-refractivity contribution in [1.82, 2.24) is 0 Å². The number of nitrogens with two attached hydrogens (primary N) is 1. The topological polar surface area (TPSA) is 55.5 Å². The number of rotatable bonds is 3. The van der Waals surface area contributed by atoms with Gasteiger partial charge in [-0.3, -0.25) is 0 Å². The first-order chi connectivity index (χ1) is 6.19. The number of hydrogen-bond donors (Lipinski definition) is 2. The van der Waals surface area contributed by atoms with E-state index in [2.05, 4.69) is 15.9 Å². The molecule has 0 saturated heterocycles. The molecule has 0 aliphatic rings. The zero-order valence-corrected chi connectivity index (χ0v) is 10.1. The third-order valence-electron chi connectivity index (χ3n) is 1.80. The lowest BCUT2D eigenvalue weighted by Gasteiger charge is -2.12. The van der Waals surface area contributed by atoms with Gasteiger partial charge in [-0.15, -0.1) is 12.4 Å². The third kappa shape index (κ3) is 3.13. The first-order valence-electron chi connectivity index (χ1n) is 3.89. The average molecular weight is 283 g/mol. The first kappa shape index (κ1) is 13.7. The Morgan fingerprint density at radius 3 is 2.71 bits per heavy atom. The van der Waals surface area contributed by atoms with Gasteiger partial charge >= 0.3 is 0 Å². The lowest BCUT2D eigenvalue weighted by molar-refractivity contribution is 0.267. The number of halogens is 2. The van der Waals surface area contributed by atoms with E-state index in [1.54, 1.807) is 7.11 Å². The van der Waals surface area contributed by atoms with Crippen LogP contribution in [0.15, 0.2) is 22.7 Å². The number of hydrogen-bond acceptors (Lipinski definition) is 3. The summed E-state index contributed by atoms with van der Waals surface area (Å²) in [5, 5.41) is 8.89. The van der Waals surface area contributed by atoms with Crippen LogP contribution in [0.5, 0.6) is 5.75 Å². The molecule has 1 aromatic rings. The molecule has 1 rings (SSSR count). The van der Waals surface area contributed by atoms with Gasteiger partial charge in [0.1, 0.15) is 5.75 Å². The van der Waals surface area contributed by atoms with Crippen molar-refractivity contribution in [1.29, 1.82) is 0 Å². The van der Waals surface area contributed by atoms with Crippen LogP contribution in [0.1, 0.15) is 11.6 Å². The molecule has 80 valence electrons. The minimum Gasteiger partial charge on any atom is -0.497 e. The summed E-state index contributed by atoms with van der Waals surface area (Å²) in [7, 11) is 1.59. The van der Waals surface area contributed by atoms with E-state index in [9.17, 15) is 0 Å². The molecule has 0 aliphatic heterocycles. The highest BCUT2D eigenvalue weighted by molar-refractivity contribution is 9.10. The van der Waals surface area contributed by atoms with Crippen molar-refractivity contribution in [3.63, 3.8) is 0 Å². The van der Waals surface area contributed by atoms with Crippen LogP contribution in [0.3, 0.4) is 0 Å². The SMILES string of the molecule is COc1ccc(Br)c([C@@H](N)CO)c1.Cl. The maximum atomic E-state index is 8.89. The van der Waals surface area contributed by atoms with Crippen molar-refractivity contribution in [2.45, 2.75) is 6.04 Å². The number of ether oxygens (including phenoxy) is 1. The molecular weight excluding hydrogens is 269 g/mol. The second-order valence-electron chi connectivity index (χ2n) is 2.68. The van der Waals surface area contributed by atoms with E-state index in [1.807, 2.05) is 18.2 Å². The van der Waals surface area contributed by atoms with Crippen LogP contribution in [-0.2, 0) is 0 Å². The molecule has 0 aromatic heterocycles. The molecule has 0 saturated carbocycles. The molecular formula is C9H13BrClNO2. The van der Waals surface area contributed by atoms with Crippen molar-refractivity contribution >= 4 is 28.3 Å². The monoisotopic (exact) mass is 281 g/mol. The highest BCUT2D eigenvalue weighted by Crippen LogP contribution is 2.26. The van der Waals surface area contributed by atoms with Gasteiger partial charge in [0.05, 0.1) is 19.8 Å². The van der Waals surface area contributed by atoms with Gasteiger partial charge in [0.25, 0.3) is 0 Å². The quantitative estimate of drug-likeness (QED) is 0.890. The highest BCUT2D eigenvalue weighted by Gasteiger charge is 2.09. The Morgan fingerprint density at radius 2 is 2.21 bits per heavy atom. The summed E-state index contributed by atoms with van der Waals surface area (Å²) in [6, 6.07) is 5.12. The minimum atomic E-state index is -0.371. The van der Waals surface area contributed by atoms with E-state index in [0.717, 1.165) is 15.8 Å². The second kappa shape index (κ2) is 6.24. The Kier molecular flexibility index (Phi) is 6.11. The summed E-state index contributed by atoms with van der Waals surface area (Å²) >= 11 is 3.35. The molecule has 14 heavy (non-hydrogen) atoms. The smallest absolute Gasteiger partial charge is 0.119 e. The van der Waals surface area contributed by atoms with E-state index in [0.29, 0.717) is 0 Å².